The molecule has 0 saturated heterocycles. The highest BCUT2D eigenvalue weighted by molar-refractivity contribution is 9.10. The van der Waals surface area contributed by atoms with Gasteiger partial charge >= 0.3 is 0 Å². The van der Waals surface area contributed by atoms with Gasteiger partial charge in [-0.15, -0.1) is 0 Å². The molecule has 4 aromatic rings. The van der Waals surface area contributed by atoms with Crippen LogP contribution in [0.1, 0.15) is 11.1 Å². The van der Waals surface area contributed by atoms with Crippen molar-refractivity contribution in [2.24, 2.45) is 0 Å². The van der Waals surface area contributed by atoms with Gasteiger partial charge in [0, 0.05) is 21.0 Å². The fourth-order valence-electron chi connectivity index (χ4n) is 3.31. The largest absolute Gasteiger partial charge is 0.497 e. The lowest BCUT2D eigenvalue weighted by Gasteiger charge is -2.13. The first kappa shape index (κ1) is 19.8. The van der Waals surface area contributed by atoms with Crippen molar-refractivity contribution in [1.29, 1.82) is 0 Å². The van der Waals surface area contributed by atoms with Gasteiger partial charge in [0.1, 0.15) is 11.5 Å². The van der Waals surface area contributed by atoms with Crippen LogP contribution in [-0.2, 0) is 0 Å². The number of rotatable bonds is 4. The minimum Gasteiger partial charge on any atom is -0.497 e. The molecule has 0 fully saturated rings. The van der Waals surface area contributed by atoms with E-state index in [0.29, 0.717) is 16.7 Å². The highest BCUT2D eigenvalue weighted by atomic mass is 79.9. The van der Waals surface area contributed by atoms with Crippen molar-refractivity contribution >= 4 is 38.7 Å². The third kappa shape index (κ3) is 3.98. The van der Waals surface area contributed by atoms with E-state index in [-0.39, 0.29) is 5.43 Å². The van der Waals surface area contributed by atoms with Gasteiger partial charge in [0.05, 0.1) is 17.4 Å². The molecular formula is C24H19BrO3S. The number of hydrogen-bond acceptors (Lipinski definition) is 4. The van der Waals surface area contributed by atoms with E-state index in [1.807, 2.05) is 68.4 Å². The van der Waals surface area contributed by atoms with Gasteiger partial charge in [0.25, 0.3) is 0 Å². The number of hydrogen-bond donors (Lipinski definition) is 0. The van der Waals surface area contributed by atoms with Crippen LogP contribution in [-0.4, -0.2) is 7.11 Å². The third-order valence-electron chi connectivity index (χ3n) is 4.75. The Bertz CT molecular complexity index is 1240. The molecule has 146 valence electrons. The van der Waals surface area contributed by atoms with Crippen molar-refractivity contribution in [3.8, 4) is 17.1 Å². The number of aryl methyl sites for hydroxylation is 2. The molecule has 0 amide bonds. The Balaban J connectivity index is 1.91. The summed E-state index contributed by atoms with van der Waals surface area (Å²) in [4.78, 5) is 15.0. The number of halogens is 1. The Morgan fingerprint density at radius 3 is 2.28 bits per heavy atom. The Hall–Kier alpha value is -2.50. The molecule has 3 aromatic carbocycles. The van der Waals surface area contributed by atoms with Gasteiger partial charge in [-0.3, -0.25) is 4.79 Å². The van der Waals surface area contributed by atoms with Crippen molar-refractivity contribution in [2.45, 2.75) is 23.6 Å². The molecule has 0 bridgehead atoms. The van der Waals surface area contributed by atoms with Crippen LogP contribution in [0.3, 0.4) is 0 Å². The summed E-state index contributed by atoms with van der Waals surface area (Å²) in [5, 5.41) is 0.632. The predicted molar refractivity (Wildman–Crippen MR) is 122 cm³/mol. The maximum absolute atomic E-state index is 13.0. The molecule has 0 saturated carbocycles. The van der Waals surface area contributed by atoms with Crippen LogP contribution in [0.2, 0.25) is 0 Å². The molecule has 4 rings (SSSR count). The highest BCUT2D eigenvalue weighted by Crippen LogP contribution is 2.38. The SMILES string of the molecule is COc1ccc(-c2cc(=O)c3c(C)cc(C)c(Sc4ccc(Br)cc4)c3o2)cc1. The lowest BCUT2D eigenvalue weighted by Crippen LogP contribution is -2.04. The van der Waals surface area contributed by atoms with Crippen LogP contribution in [0, 0.1) is 13.8 Å². The van der Waals surface area contributed by atoms with Crippen molar-refractivity contribution in [1.82, 2.24) is 0 Å². The van der Waals surface area contributed by atoms with E-state index < -0.39 is 0 Å². The standard InChI is InChI=1S/C24H19BrO3S/c1-14-12-15(2)24(29-19-10-6-17(25)7-11-19)23-22(14)20(26)13-21(28-23)16-4-8-18(27-3)9-5-16/h4-13H,1-3H3. The summed E-state index contributed by atoms with van der Waals surface area (Å²) in [6.07, 6.45) is 0. The number of methoxy groups -OCH3 is 1. The van der Waals surface area contributed by atoms with Crippen molar-refractivity contribution in [2.75, 3.05) is 7.11 Å². The molecule has 29 heavy (non-hydrogen) atoms. The Labute approximate surface area is 181 Å². The minimum absolute atomic E-state index is 0.0350. The second-order valence-corrected chi connectivity index (χ2v) is 8.80. The Morgan fingerprint density at radius 2 is 1.62 bits per heavy atom. The number of ether oxygens (including phenoxy) is 1. The summed E-state index contributed by atoms with van der Waals surface area (Å²) < 4.78 is 12.6. The lowest BCUT2D eigenvalue weighted by molar-refractivity contribution is 0.415. The molecule has 3 nitrogen and oxygen atoms in total. The van der Waals surface area contributed by atoms with Gasteiger partial charge in [-0.1, -0.05) is 33.8 Å². The van der Waals surface area contributed by atoms with E-state index in [9.17, 15) is 4.79 Å². The van der Waals surface area contributed by atoms with E-state index in [2.05, 4.69) is 15.9 Å². The fraction of sp³-hybridized carbons (Fsp3) is 0.125. The summed E-state index contributed by atoms with van der Waals surface area (Å²) in [7, 11) is 1.63. The molecular weight excluding hydrogens is 448 g/mol. The number of fused-ring (bicyclic) bond motifs is 1. The van der Waals surface area contributed by atoms with Crippen molar-refractivity contribution < 1.29 is 9.15 Å². The molecule has 0 aliphatic heterocycles. The average Bonchev–Trinajstić information content (AvgIpc) is 2.72. The summed E-state index contributed by atoms with van der Waals surface area (Å²) in [6, 6.07) is 19.2. The lowest BCUT2D eigenvalue weighted by atomic mass is 10.1. The van der Waals surface area contributed by atoms with Crippen molar-refractivity contribution in [3.05, 3.63) is 86.5 Å². The van der Waals surface area contributed by atoms with Crippen molar-refractivity contribution in [3.63, 3.8) is 0 Å². The Kier molecular flexibility index (Phi) is 5.52. The second kappa shape index (κ2) is 8.09. The Morgan fingerprint density at radius 1 is 0.931 bits per heavy atom. The molecule has 0 unspecified atom stereocenters. The molecule has 1 aromatic heterocycles. The molecule has 0 N–H and O–H groups in total. The summed E-state index contributed by atoms with van der Waals surface area (Å²) >= 11 is 5.08. The van der Waals surface area contributed by atoms with Crippen LogP contribution < -0.4 is 10.2 Å². The van der Waals surface area contributed by atoms with Gasteiger partial charge in [0.2, 0.25) is 0 Å². The van der Waals surface area contributed by atoms with Crippen LogP contribution in [0.5, 0.6) is 5.75 Å². The predicted octanol–water partition coefficient (Wildman–Crippen LogP) is 7.00. The quantitative estimate of drug-likeness (QED) is 0.324. The zero-order valence-corrected chi connectivity index (χ0v) is 18.7. The van der Waals surface area contributed by atoms with E-state index in [1.54, 1.807) is 24.9 Å². The fourth-order valence-corrected chi connectivity index (χ4v) is 4.54. The van der Waals surface area contributed by atoms with Gasteiger partial charge in [-0.25, -0.2) is 0 Å². The summed E-state index contributed by atoms with van der Waals surface area (Å²) in [5.41, 5.74) is 3.44. The zero-order chi connectivity index (χ0) is 20.5. The summed E-state index contributed by atoms with van der Waals surface area (Å²) in [5.74, 6) is 1.31. The minimum atomic E-state index is -0.0350. The van der Waals surface area contributed by atoms with E-state index in [4.69, 9.17) is 9.15 Å². The van der Waals surface area contributed by atoms with Crippen LogP contribution in [0.25, 0.3) is 22.3 Å². The van der Waals surface area contributed by atoms with E-state index >= 15 is 0 Å². The molecule has 5 heteroatoms. The zero-order valence-electron chi connectivity index (χ0n) is 16.3. The topological polar surface area (TPSA) is 39.4 Å². The van der Waals surface area contributed by atoms with E-state index in [0.717, 1.165) is 36.7 Å². The smallest absolute Gasteiger partial charge is 0.193 e. The van der Waals surface area contributed by atoms with Crippen LogP contribution in [0.15, 0.2) is 84.1 Å². The average molecular weight is 467 g/mol. The molecule has 0 spiro atoms. The first-order valence-corrected chi connectivity index (χ1v) is 10.7. The molecule has 0 aliphatic rings. The first-order valence-electron chi connectivity index (χ1n) is 9.12. The van der Waals surface area contributed by atoms with Gasteiger partial charge < -0.3 is 9.15 Å². The van der Waals surface area contributed by atoms with Gasteiger partial charge in [-0.2, -0.15) is 0 Å². The van der Waals surface area contributed by atoms with Crippen LogP contribution >= 0.6 is 27.7 Å². The maximum atomic E-state index is 13.0. The molecule has 0 atom stereocenters. The normalized spacial score (nSPS) is 11.0. The monoisotopic (exact) mass is 466 g/mol. The van der Waals surface area contributed by atoms with Gasteiger partial charge in [-0.05, 0) is 73.5 Å². The first-order chi connectivity index (χ1) is 14.0. The van der Waals surface area contributed by atoms with E-state index in [1.165, 1.54) is 0 Å². The molecule has 0 radical (unpaired) electrons. The molecule has 0 aliphatic carbocycles. The van der Waals surface area contributed by atoms with Crippen LogP contribution in [0.4, 0.5) is 0 Å². The maximum Gasteiger partial charge on any atom is 0.193 e. The third-order valence-corrected chi connectivity index (χ3v) is 6.50. The van der Waals surface area contributed by atoms with Gasteiger partial charge in [0.15, 0.2) is 11.0 Å². The second-order valence-electron chi connectivity index (χ2n) is 6.80. The number of benzene rings is 3. The highest BCUT2D eigenvalue weighted by Gasteiger charge is 2.16. The summed E-state index contributed by atoms with van der Waals surface area (Å²) in [6.45, 7) is 4.00. The molecule has 1 heterocycles.